The third-order valence-corrected chi connectivity index (χ3v) is 5.25. The van der Waals surface area contributed by atoms with Crippen LogP contribution in [0.2, 0.25) is 0 Å². The van der Waals surface area contributed by atoms with E-state index >= 15 is 0 Å². The Bertz CT molecular complexity index is 656. The third-order valence-electron chi connectivity index (χ3n) is 4.13. The number of aryl methyl sites for hydroxylation is 1. The van der Waals surface area contributed by atoms with Crippen molar-refractivity contribution in [3.8, 4) is 5.75 Å². The first-order valence-electron chi connectivity index (χ1n) is 6.85. The van der Waals surface area contributed by atoms with Gasteiger partial charge >= 0.3 is 0 Å². The van der Waals surface area contributed by atoms with Crippen LogP contribution in [-0.2, 0) is 12.0 Å². The molecule has 0 radical (unpaired) electrons. The summed E-state index contributed by atoms with van der Waals surface area (Å²) in [6.45, 7) is 0. The van der Waals surface area contributed by atoms with Crippen LogP contribution >= 0.6 is 15.9 Å². The zero-order valence-corrected chi connectivity index (χ0v) is 13.2. The predicted octanol–water partition coefficient (Wildman–Crippen LogP) is 3.78. The van der Waals surface area contributed by atoms with Crippen LogP contribution in [0.15, 0.2) is 42.5 Å². The van der Waals surface area contributed by atoms with Crippen LogP contribution in [-0.4, -0.2) is 17.0 Å². The van der Waals surface area contributed by atoms with Gasteiger partial charge in [0.25, 0.3) is 0 Å². The number of hydrogen-bond acceptors (Lipinski definition) is 2. The van der Waals surface area contributed by atoms with Crippen LogP contribution in [0, 0.1) is 5.82 Å². The van der Waals surface area contributed by atoms with E-state index < -0.39 is 5.60 Å². The van der Waals surface area contributed by atoms with E-state index in [4.69, 9.17) is 4.74 Å². The second-order valence-electron chi connectivity index (χ2n) is 5.30. The van der Waals surface area contributed by atoms with Gasteiger partial charge in [0.1, 0.15) is 17.2 Å². The molecule has 0 bridgehead atoms. The molecule has 0 aromatic heterocycles. The fourth-order valence-electron chi connectivity index (χ4n) is 2.98. The largest absolute Gasteiger partial charge is 0.497 e. The van der Waals surface area contributed by atoms with E-state index in [-0.39, 0.29) is 10.6 Å². The second kappa shape index (κ2) is 5.43. The molecule has 0 saturated heterocycles. The van der Waals surface area contributed by atoms with Crippen LogP contribution in [0.4, 0.5) is 4.39 Å². The molecule has 0 spiro atoms. The molecule has 110 valence electrons. The summed E-state index contributed by atoms with van der Waals surface area (Å²) in [7, 11) is 1.63. The Kier molecular flexibility index (Phi) is 3.76. The van der Waals surface area contributed by atoms with E-state index in [0.717, 1.165) is 29.7 Å². The van der Waals surface area contributed by atoms with E-state index in [1.807, 2.05) is 18.2 Å². The van der Waals surface area contributed by atoms with Gasteiger partial charge in [0.15, 0.2) is 0 Å². The average molecular weight is 351 g/mol. The van der Waals surface area contributed by atoms with Gasteiger partial charge in [-0.2, -0.15) is 0 Å². The van der Waals surface area contributed by atoms with E-state index in [9.17, 15) is 9.50 Å². The molecule has 0 saturated carbocycles. The summed E-state index contributed by atoms with van der Waals surface area (Å²) >= 11 is 3.60. The molecule has 3 rings (SSSR count). The topological polar surface area (TPSA) is 29.5 Å². The molecule has 2 unspecified atom stereocenters. The lowest BCUT2D eigenvalue weighted by atomic mass is 9.75. The van der Waals surface area contributed by atoms with Crippen LogP contribution < -0.4 is 4.74 Å². The number of ether oxygens (including phenoxy) is 1. The summed E-state index contributed by atoms with van der Waals surface area (Å²) in [6.07, 6.45) is 1.67. The Labute approximate surface area is 131 Å². The van der Waals surface area contributed by atoms with Gasteiger partial charge in [-0.15, -0.1) is 0 Å². The van der Waals surface area contributed by atoms with Gasteiger partial charge in [0, 0.05) is 0 Å². The van der Waals surface area contributed by atoms with Crippen molar-refractivity contribution in [3.63, 3.8) is 0 Å². The Balaban J connectivity index is 2.15. The van der Waals surface area contributed by atoms with Crippen LogP contribution in [0.1, 0.15) is 23.1 Å². The normalized spacial score (nSPS) is 24.5. The van der Waals surface area contributed by atoms with Gasteiger partial charge in [-0.25, -0.2) is 4.39 Å². The summed E-state index contributed by atoms with van der Waals surface area (Å²) < 4.78 is 18.4. The summed E-state index contributed by atoms with van der Waals surface area (Å²) in [5.41, 5.74) is 1.45. The molecule has 0 heterocycles. The molecule has 2 nitrogen and oxygen atoms in total. The van der Waals surface area contributed by atoms with Gasteiger partial charge in [0.05, 0.1) is 11.9 Å². The van der Waals surface area contributed by atoms with E-state index in [1.165, 1.54) is 12.1 Å². The maximum Gasteiger partial charge on any atom is 0.127 e. The first kappa shape index (κ1) is 14.5. The highest BCUT2D eigenvalue weighted by Crippen LogP contribution is 2.45. The fourth-order valence-corrected chi connectivity index (χ4v) is 3.72. The maximum atomic E-state index is 13.2. The lowest BCUT2D eigenvalue weighted by molar-refractivity contribution is 0.0704. The molecule has 0 amide bonds. The van der Waals surface area contributed by atoms with Gasteiger partial charge in [0.2, 0.25) is 0 Å². The Morgan fingerprint density at radius 2 is 1.95 bits per heavy atom. The van der Waals surface area contributed by atoms with Gasteiger partial charge in [-0.05, 0) is 53.8 Å². The SMILES string of the molecule is COc1ccc2c(c1)CCC(Br)C2(O)c1ccc(F)cc1. The zero-order chi connectivity index (χ0) is 15.0. The molecule has 2 atom stereocenters. The highest BCUT2D eigenvalue weighted by Gasteiger charge is 2.43. The smallest absolute Gasteiger partial charge is 0.127 e. The van der Waals surface area contributed by atoms with Gasteiger partial charge in [-0.1, -0.05) is 34.1 Å². The monoisotopic (exact) mass is 350 g/mol. The first-order chi connectivity index (χ1) is 10.1. The molecular weight excluding hydrogens is 335 g/mol. The van der Waals surface area contributed by atoms with Crippen molar-refractivity contribution in [1.29, 1.82) is 0 Å². The van der Waals surface area contributed by atoms with Crippen LogP contribution in [0.3, 0.4) is 0 Å². The number of benzene rings is 2. The number of fused-ring (bicyclic) bond motifs is 1. The number of hydrogen-bond donors (Lipinski definition) is 1. The van der Waals surface area contributed by atoms with Crippen molar-refractivity contribution >= 4 is 15.9 Å². The van der Waals surface area contributed by atoms with Crippen molar-refractivity contribution in [2.45, 2.75) is 23.3 Å². The summed E-state index contributed by atoms with van der Waals surface area (Å²) in [5.74, 6) is 0.475. The number of rotatable bonds is 2. The summed E-state index contributed by atoms with van der Waals surface area (Å²) in [6, 6.07) is 11.7. The predicted molar refractivity (Wildman–Crippen MR) is 83.4 cm³/mol. The molecule has 1 N–H and O–H groups in total. The van der Waals surface area contributed by atoms with Crippen LogP contribution in [0.25, 0.3) is 0 Å². The Hall–Kier alpha value is -1.39. The Morgan fingerprint density at radius 1 is 1.24 bits per heavy atom. The number of halogens is 2. The molecule has 0 fully saturated rings. The zero-order valence-electron chi connectivity index (χ0n) is 11.6. The quantitative estimate of drug-likeness (QED) is 0.835. The Morgan fingerprint density at radius 3 is 2.62 bits per heavy atom. The minimum atomic E-state index is -1.16. The highest BCUT2D eigenvalue weighted by atomic mass is 79.9. The average Bonchev–Trinajstić information content (AvgIpc) is 2.51. The minimum absolute atomic E-state index is 0.114. The lowest BCUT2D eigenvalue weighted by Gasteiger charge is -2.39. The van der Waals surface area contributed by atoms with Crippen molar-refractivity contribution < 1.29 is 14.2 Å². The maximum absolute atomic E-state index is 13.2. The van der Waals surface area contributed by atoms with E-state index in [2.05, 4.69) is 15.9 Å². The van der Waals surface area contributed by atoms with E-state index in [1.54, 1.807) is 19.2 Å². The molecule has 2 aromatic rings. The lowest BCUT2D eigenvalue weighted by Crippen LogP contribution is -2.41. The molecule has 0 aliphatic heterocycles. The molecule has 21 heavy (non-hydrogen) atoms. The van der Waals surface area contributed by atoms with Crippen molar-refractivity contribution in [1.82, 2.24) is 0 Å². The number of aliphatic hydroxyl groups is 1. The molecular formula is C17H16BrFO2. The molecule has 1 aliphatic carbocycles. The second-order valence-corrected chi connectivity index (χ2v) is 6.41. The van der Waals surface area contributed by atoms with Crippen LogP contribution in [0.5, 0.6) is 5.75 Å². The standard InChI is InChI=1S/C17H16BrFO2/c1-21-14-7-8-15-11(10-14)2-9-16(18)17(15,20)12-3-5-13(19)6-4-12/h3-8,10,16,20H,2,9H2,1H3. The summed E-state index contributed by atoms with van der Waals surface area (Å²) in [5, 5.41) is 11.3. The van der Waals surface area contributed by atoms with E-state index in [0.29, 0.717) is 5.56 Å². The third kappa shape index (κ3) is 2.36. The summed E-state index contributed by atoms with van der Waals surface area (Å²) in [4.78, 5) is -0.114. The van der Waals surface area contributed by atoms with Crippen molar-refractivity contribution in [2.75, 3.05) is 7.11 Å². The van der Waals surface area contributed by atoms with Crippen molar-refractivity contribution in [3.05, 3.63) is 65.0 Å². The number of methoxy groups -OCH3 is 1. The molecule has 1 aliphatic rings. The molecule has 2 aromatic carbocycles. The van der Waals surface area contributed by atoms with Gasteiger partial charge < -0.3 is 9.84 Å². The first-order valence-corrected chi connectivity index (χ1v) is 7.77. The van der Waals surface area contributed by atoms with Crippen molar-refractivity contribution in [2.24, 2.45) is 0 Å². The highest BCUT2D eigenvalue weighted by molar-refractivity contribution is 9.09. The molecule has 4 heteroatoms. The number of alkyl halides is 1. The minimum Gasteiger partial charge on any atom is -0.497 e. The van der Waals surface area contributed by atoms with Gasteiger partial charge in [-0.3, -0.25) is 0 Å². The fraction of sp³-hybridized carbons (Fsp3) is 0.294.